The van der Waals surface area contributed by atoms with Gasteiger partial charge in [-0.3, -0.25) is 15.3 Å². The standard InChI is InChI=1S/C29H37ClN6O/c1-31-28(34-18-14-30)12-3-4-16-35-29(37)25-13-17-33-26(22-25)21-24-9-7-11-27(23-32-15-8-10-24)36-19-5-2-6-20-36/h3-4,7,9-14,17-18,22-23,29,34-35,37H,1-2,5-6,8,15-16,19-21H2/b4-3+,9-7?,18-14+,24-10?,27-11-,28-12+,32-23?. The number of halogens is 1. The molecule has 2 aliphatic heterocycles. The van der Waals surface area contributed by atoms with Crippen LogP contribution in [0.5, 0.6) is 0 Å². The van der Waals surface area contributed by atoms with E-state index in [9.17, 15) is 5.11 Å². The van der Waals surface area contributed by atoms with Gasteiger partial charge in [-0.1, -0.05) is 42.0 Å². The number of aliphatic hydroxyl groups is 1. The molecular formula is C29H37ClN6O. The molecule has 2 aliphatic rings. The number of piperidine rings is 1. The third-order valence-electron chi connectivity index (χ3n) is 6.01. The lowest BCUT2D eigenvalue weighted by Gasteiger charge is -2.29. The average molecular weight is 521 g/mol. The van der Waals surface area contributed by atoms with E-state index < -0.39 is 6.23 Å². The molecule has 8 heteroatoms. The maximum Gasteiger partial charge on any atom is 0.131 e. The number of nitrogens with zero attached hydrogens (tertiary/aromatic N) is 4. The minimum atomic E-state index is -0.803. The first-order valence-corrected chi connectivity index (χ1v) is 13.2. The Labute approximate surface area is 225 Å². The van der Waals surface area contributed by atoms with Crippen LogP contribution in [0.2, 0.25) is 0 Å². The zero-order valence-corrected chi connectivity index (χ0v) is 22.0. The molecule has 37 heavy (non-hydrogen) atoms. The van der Waals surface area contributed by atoms with Crippen molar-refractivity contribution >= 4 is 24.5 Å². The fraction of sp³-hybridized carbons (Fsp3) is 0.345. The second kappa shape index (κ2) is 16.5. The number of rotatable bonds is 11. The average Bonchev–Trinajstić information content (AvgIpc) is 2.94. The Balaban J connectivity index is 1.57. The highest BCUT2D eigenvalue weighted by Crippen LogP contribution is 2.17. The van der Waals surface area contributed by atoms with Gasteiger partial charge in [-0.15, -0.1) is 0 Å². The molecule has 1 aromatic rings. The summed E-state index contributed by atoms with van der Waals surface area (Å²) >= 11 is 5.50. The van der Waals surface area contributed by atoms with E-state index in [1.807, 2.05) is 30.5 Å². The number of aliphatic hydroxyl groups excluding tert-OH is 1. The van der Waals surface area contributed by atoms with Crippen molar-refractivity contribution in [3.63, 3.8) is 0 Å². The number of allylic oxidation sites excluding steroid dienone is 7. The summed E-state index contributed by atoms with van der Waals surface area (Å²) in [4.78, 5) is 15.5. The van der Waals surface area contributed by atoms with Gasteiger partial charge in [-0.05, 0) is 67.8 Å². The molecule has 3 heterocycles. The summed E-state index contributed by atoms with van der Waals surface area (Å²) in [6.07, 6.45) is 24.0. The van der Waals surface area contributed by atoms with Crippen LogP contribution in [0.4, 0.5) is 0 Å². The lowest BCUT2D eigenvalue weighted by molar-refractivity contribution is 0.144. The van der Waals surface area contributed by atoms with E-state index in [1.165, 1.54) is 36.1 Å². The van der Waals surface area contributed by atoms with Crippen LogP contribution in [-0.4, -0.2) is 54.1 Å². The van der Waals surface area contributed by atoms with E-state index in [2.05, 4.69) is 61.5 Å². The second-order valence-electron chi connectivity index (χ2n) is 8.74. The van der Waals surface area contributed by atoms with Crippen molar-refractivity contribution < 1.29 is 5.11 Å². The molecule has 0 radical (unpaired) electrons. The van der Waals surface area contributed by atoms with Crippen LogP contribution in [0, 0.1) is 0 Å². The first-order chi connectivity index (χ1) is 18.2. The summed E-state index contributed by atoms with van der Waals surface area (Å²) < 4.78 is 0. The highest BCUT2D eigenvalue weighted by atomic mass is 35.5. The maximum atomic E-state index is 10.6. The molecule has 7 nitrogen and oxygen atoms in total. The van der Waals surface area contributed by atoms with E-state index in [0.717, 1.165) is 37.3 Å². The van der Waals surface area contributed by atoms with Crippen LogP contribution >= 0.6 is 11.6 Å². The number of aromatic nitrogens is 1. The molecule has 1 atom stereocenters. The van der Waals surface area contributed by atoms with Gasteiger partial charge in [0.2, 0.25) is 0 Å². The molecule has 196 valence electrons. The summed E-state index contributed by atoms with van der Waals surface area (Å²) in [7, 11) is 0. The van der Waals surface area contributed by atoms with E-state index in [-0.39, 0.29) is 0 Å². The lowest BCUT2D eigenvalue weighted by atomic mass is 10.0. The number of likely N-dealkylation sites (tertiary alicyclic amines) is 1. The SMILES string of the molecule is C=N/C(=C\C=C\CNC(O)c1ccnc(CC2=CCCN=C/C(N3CCCCC3)=C/C=C2)c1)N/C=C/Cl. The van der Waals surface area contributed by atoms with Gasteiger partial charge in [0, 0.05) is 62.4 Å². The first kappa shape index (κ1) is 28.3. The fourth-order valence-corrected chi connectivity index (χ4v) is 4.16. The monoisotopic (exact) mass is 520 g/mol. The van der Waals surface area contributed by atoms with Crippen LogP contribution in [0.3, 0.4) is 0 Å². The Bertz CT molecular complexity index is 1080. The molecule has 0 spiro atoms. The summed E-state index contributed by atoms with van der Waals surface area (Å²) in [6.45, 7) is 6.95. The van der Waals surface area contributed by atoms with Crippen LogP contribution in [0.1, 0.15) is 43.2 Å². The Morgan fingerprint density at radius 1 is 1.30 bits per heavy atom. The quantitative estimate of drug-likeness (QED) is 0.219. The molecular weight excluding hydrogens is 484 g/mol. The van der Waals surface area contributed by atoms with Gasteiger partial charge < -0.3 is 15.3 Å². The van der Waals surface area contributed by atoms with Crippen molar-refractivity contribution in [2.75, 3.05) is 26.2 Å². The highest BCUT2D eigenvalue weighted by molar-refractivity contribution is 6.25. The number of aliphatic imine (C=N–C) groups is 2. The van der Waals surface area contributed by atoms with Gasteiger partial charge in [-0.2, -0.15) is 0 Å². The van der Waals surface area contributed by atoms with Gasteiger partial charge in [-0.25, -0.2) is 4.99 Å². The smallest absolute Gasteiger partial charge is 0.131 e. The van der Waals surface area contributed by atoms with E-state index in [1.54, 1.807) is 18.5 Å². The first-order valence-electron chi connectivity index (χ1n) is 12.7. The van der Waals surface area contributed by atoms with Gasteiger partial charge >= 0.3 is 0 Å². The van der Waals surface area contributed by atoms with Crippen molar-refractivity contribution in [1.29, 1.82) is 0 Å². The normalized spacial score (nSPS) is 19.5. The number of pyridine rings is 1. The Morgan fingerprint density at radius 2 is 2.16 bits per heavy atom. The van der Waals surface area contributed by atoms with Crippen molar-refractivity contribution in [2.45, 2.75) is 38.3 Å². The summed E-state index contributed by atoms with van der Waals surface area (Å²) in [5, 5.41) is 16.6. The Hall–Kier alpha value is -3.26. The minimum absolute atomic E-state index is 0.477. The van der Waals surface area contributed by atoms with E-state index >= 15 is 0 Å². The minimum Gasteiger partial charge on any atom is -0.374 e. The van der Waals surface area contributed by atoms with Crippen molar-refractivity contribution in [1.82, 2.24) is 20.5 Å². The molecule has 1 aromatic heterocycles. The molecule has 3 rings (SSSR count). The van der Waals surface area contributed by atoms with Gasteiger partial charge in [0.15, 0.2) is 0 Å². The topological polar surface area (TPSA) is 85.1 Å². The molecule has 0 bridgehead atoms. The predicted molar refractivity (Wildman–Crippen MR) is 155 cm³/mol. The molecule has 0 amide bonds. The van der Waals surface area contributed by atoms with Crippen LogP contribution in [-0.2, 0) is 6.42 Å². The van der Waals surface area contributed by atoms with Crippen molar-refractivity contribution in [2.24, 2.45) is 9.98 Å². The maximum absolute atomic E-state index is 10.6. The summed E-state index contributed by atoms with van der Waals surface area (Å²) in [5.41, 5.74) is 5.42. The van der Waals surface area contributed by atoms with Crippen LogP contribution < -0.4 is 10.6 Å². The molecule has 3 N–H and O–H groups in total. The number of nitrogens with one attached hydrogen (secondary N) is 2. The zero-order valence-electron chi connectivity index (χ0n) is 21.3. The molecule has 0 aliphatic carbocycles. The molecule has 1 fully saturated rings. The summed E-state index contributed by atoms with van der Waals surface area (Å²) in [5.74, 6) is 0.571. The van der Waals surface area contributed by atoms with Gasteiger partial charge in [0.05, 0.1) is 5.70 Å². The third kappa shape index (κ3) is 10.3. The predicted octanol–water partition coefficient (Wildman–Crippen LogP) is 4.93. The van der Waals surface area contributed by atoms with E-state index in [0.29, 0.717) is 18.8 Å². The van der Waals surface area contributed by atoms with Crippen molar-refractivity contribution in [3.05, 3.63) is 101 Å². The molecule has 0 aromatic carbocycles. The van der Waals surface area contributed by atoms with Crippen LogP contribution in [0.25, 0.3) is 0 Å². The third-order valence-corrected chi connectivity index (χ3v) is 6.14. The fourth-order valence-electron chi connectivity index (χ4n) is 4.10. The Morgan fingerprint density at radius 3 is 2.97 bits per heavy atom. The number of hydrogen-bond acceptors (Lipinski definition) is 7. The highest BCUT2D eigenvalue weighted by Gasteiger charge is 2.12. The zero-order chi connectivity index (χ0) is 26.1. The van der Waals surface area contributed by atoms with Crippen molar-refractivity contribution in [3.8, 4) is 0 Å². The van der Waals surface area contributed by atoms with Crippen LogP contribution in [0.15, 0.2) is 99.7 Å². The number of hydrogen-bond donors (Lipinski definition) is 3. The molecule has 1 saturated heterocycles. The van der Waals surface area contributed by atoms with Gasteiger partial charge in [0.1, 0.15) is 12.0 Å². The summed E-state index contributed by atoms with van der Waals surface area (Å²) in [6, 6.07) is 3.77. The molecule has 1 unspecified atom stereocenters. The molecule has 0 saturated carbocycles. The van der Waals surface area contributed by atoms with E-state index in [4.69, 9.17) is 11.6 Å². The van der Waals surface area contributed by atoms with Gasteiger partial charge in [0.25, 0.3) is 0 Å². The lowest BCUT2D eigenvalue weighted by Crippen LogP contribution is -2.29. The Kier molecular flexibility index (Phi) is 12.6. The largest absolute Gasteiger partial charge is 0.374 e. The second-order valence-corrected chi connectivity index (χ2v) is 9.00.